The predicted octanol–water partition coefficient (Wildman–Crippen LogP) is 1.74. The second-order valence-electron chi connectivity index (χ2n) is 2.95. The Morgan fingerprint density at radius 1 is 1.44 bits per heavy atom. The van der Waals surface area contributed by atoms with Crippen LogP contribution in [-0.2, 0) is 0 Å². The molecule has 0 atom stereocenters. The van der Waals surface area contributed by atoms with Crippen LogP contribution in [0.3, 0.4) is 0 Å². The maximum atomic E-state index is 11.6. The van der Waals surface area contributed by atoms with Crippen LogP contribution in [0.5, 0.6) is 0 Å². The Labute approximate surface area is 104 Å². The number of thioether (sulfide) groups is 1. The summed E-state index contributed by atoms with van der Waals surface area (Å²) in [5, 5.41) is 0. The van der Waals surface area contributed by atoms with Gasteiger partial charge in [-0.1, -0.05) is 30.9 Å². The minimum Gasteiger partial charge on any atom is -0.283 e. The van der Waals surface area contributed by atoms with E-state index in [1.807, 2.05) is 0 Å². The van der Waals surface area contributed by atoms with E-state index in [2.05, 4.69) is 22.8 Å². The zero-order valence-corrected chi connectivity index (χ0v) is 10.5. The molecule has 1 rings (SSSR count). The van der Waals surface area contributed by atoms with Crippen LogP contribution in [0.25, 0.3) is 0 Å². The Hall–Kier alpha value is -1.14. The van der Waals surface area contributed by atoms with E-state index in [0.29, 0.717) is 9.88 Å². The monoisotopic (exact) mass is 255 g/mol. The zero-order chi connectivity index (χ0) is 11.8. The molecule has 0 aliphatic carbocycles. The highest BCUT2D eigenvalue weighted by atomic mass is 32.2. The topological polar surface area (TPSA) is 54.0 Å². The molecular formula is C10H13N3OS2. The Kier molecular flexibility index (Phi) is 5.81. The fourth-order valence-electron chi connectivity index (χ4n) is 0.914. The number of carbonyl (C=O) groups is 1. The summed E-state index contributed by atoms with van der Waals surface area (Å²) >= 11 is 6.52. The average molecular weight is 255 g/mol. The third kappa shape index (κ3) is 4.59. The van der Waals surface area contributed by atoms with Gasteiger partial charge in [0.25, 0.3) is 5.91 Å². The minimum absolute atomic E-state index is 0.221. The number of thiocarbonyl (C=S) groups is 1. The van der Waals surface area contributed by atoms with E-state index in [-0.39, 0.29) is 5.91 Å². The first kappa shape index (κ1) is 12.9. The summed E-state index contributed by atoms with van der Waals surface area (Å²) in [6, 6.07) is 3.28. The Balaban J connectivity index is 2.33. The van der Waals surface area contributed by atoms with E-state index < -0.39 is 0 Å². The number of nitrogens with one attached hydrogen (secondary N) is 2. The lowest BCUT2D eigenvalue weighted by Gasteiger charge is -2.08. The van der Waals surface area contributed by atoms with Crippen LogP contribution >= 0.6 is 24.0 Å². The third-order valence-electron chi connectivity index (χ3n) is 1.66. The van der Waals surface area contributed by atoms with Crippen molar-refractivity contribution in [2.75, 3.05) is 5.75 Å². The largest absolute Gasteiger partial charge is 0.283 e. The van der Waals surface area contributed by atoms with Crippen molar-refractivity contribution in [3.63, 3.8) is 0 Å². The molecule has 16 heavy (non-hydrogen) atoms. The smallest absolute Gasteiger partial charge is 0.269 e. The summed E-state index contributed by atoms with van der Waals surface area (Å²) in [5.41, 5.74) is 5.77. The van der Waals surface area contributed by atoms with E-state index in [9.17, 15) is 4.79 Å². The number of rotatable bonds is 3. The standard InChI is InChI=1S/C10H13N3OS2/c1-2-7-16-10(15)13-12-9(14)8-3-5-11-6-4-8/h3-6H,2,7H2,1H3,(H,12,14)(H,13,15). The fourth-order valence-corrected chi connectivity index (χ4v) is 1.73. The van der Waals surface area contributed by atoms with Crippen LogP contribution in [0.15, 0.2) is 24.5 Å². The number of amides is 1. The first-order chi connectivity index (χ1) is 7.74. The molecule has 0 aliphatic heterocycles. The molecule has 86 valence electrons. The number of hydrogen-bond donors (Lipinski definition) is 2. The van der Waals surface area contributed by atoms with Gasteiger partial charge < -0.3 is 0 Å². The van der Waals surface area contributed by atoms with Crippen LogP contribution in [0.2, 0.25) is 0 Å². The molecule has 1 amide bonds. The first-order valence-corrected chi connectivity index (χ1v) is 6.26. The molecule has 0 radical (unpaired) electrons. The number of pyridine rings is 1. The van der Waals surface area contributed by atoms with Crippen molar-refractivity contribution in [3.05, 3.63) is 30.1 Å². The Morgan fingerprint density at radius 2 is 2.12 bits per heavy atom. The summed E-state index contributed by atoms with van der Waals surface area (Å²) in [4.78, 5) is 15.4. The van der Waals surface area contributed by atoms with Crippen molar-refractivity contribution in [1.82, 2.24) is 15.8 Å². The molecule has 1 aromatic heterocycles. The SMILES string of the molecule is CCCSC(=S)NNC(=O)c1ccncc1. The van der Waals surface area contributed by atoms with E-state index in [1.54, 1.807) is 24.5 Å². The van der Waals surface area contributed by atoms with Crippen molar-refractivity contribution < 1.29 is 4.79 Å². The van der Waals surface area contributed by atoms with Crippen molar-refractivity contribution in [2.45, 2.75) is 13.3 Å². The molecular weight excluding hydrogens is 242 g/mol. The summed E-state index contributed by atoms with van der Waals surface area (Å²) in [6.07, 6.45) is 4.18. The summed E-state index contributed by atoms with van der Waals surface area (Å²) in [7, 11) is 0. The Morgan fingerprint density at radius 3 is 2.75 bits per heavy atom. The Bertz CT molecular complexity index is 356. The zero-order valence-electron chi connectivity index (χ0n) is 8.90. The lowest BCUT2D eigenvalue weighted by Crippen LogP contribution is -2.39. The molecule has 1 heterocycles. The van der Waals surface area contributed by atoms with Crippen molar-refractivity contribution in [1.29, 1.82) is 0 Å². The van der Waals surface area contributed by atoms with Gasteiger partial charge in [0, 0.05) is 23.7 Å². The first-order valence-electron chi connectivity index (χ1n) is 4.87. The number of hydrazine groups is 1. The molecule has 0 aliphatic rings. The maximum absolute atomic E-state index is 11.6. The lowest BCUT2D eigenvalue weighted by molar-refractivity contribution is 0.0944. The van der Waals surface area contributed by atoms with Gasteiger partial charge in [-0.2, -0.15) is 0 Å². The number of aromatic nitrogens is 1. The van der Waals surface area contributed by atoms with E-state index in [4.69, 9.17) is 12.2 Å². The molecule has 0 saturated carbocycles. The molecule has 0 bridgehead atoms. The second kappa shape index (κ2) is 7.19. The van der Waals surface area contributed by atoms with Gasteiger partial charge in [0.05, 0.1) is 0 Å². The van der Waals surface area contributed by atoms with Crippen LogP contribution in [0.1, 0.15) is 23.7 Å². The summed E-state index contributed by atoms with van der Waals surface area (Å²) in [5.74, 6) is 0.721. The molecule has 1 aromatic rings. The number of carbonyl (C=O) groups excluding carboxylic acids is 1. The van der Waals surface area contributed by atoms with Gasteiger partial charge in [-0.3, -0.25) is 20.6 Å². The quantitative estimate of drug-likeness (QED) is 0.636. The van der Waals surface area contributed by atoms with Gasteiger partial charge in [-0.05, 0) is 18.6 Å². The maximum Gasteiger partial charge on any atom is 0.269 e. The molecule has 2 N–H and O–H groups in total. The highest BCUT2D eigenvalue weighted by molar-refractivity contribution is 8.22. The van der Waals surface area contributed by atoms with Gasteiger partial charge in [0.15, 0.2) is 4.32 Å². The van der Waals surface area contributed by atoms with Crippen LogP contribution in [0.4, 0.5) is 0 Å². The lowest BCUT2D eigenvalue weighted by atomic mass is 10.3. The molecule has 6 heteroatoms. The second-order valence-corrected chi connectivity index (χ2v) is 4.72. The predicted molar refractivity (Wildman–Crippen MR) is 70.2 cm³/mol. The highest BCUT2D eigenvalue weighted by Gasteiger charge is 2.04. The van der Waals surface area contributed by atoms with E-state index in [1.165, 1.54) is 11.8 Å². The molecule has 0 unspecified atom stereocenters. The summed E-state index contributed by atoms with van der Waals surface area (Å²) < 4.78 is 0.573. The normalized spacial score (nSPS) is 9.56. The third-order valence-corrected chi connectivity index (χ3v) is 3.09. The van der Waals surface area contributed by atoms with Crippen molar-refractivity contribution in [3.8, 4) is 0 Å². The van der Waals surface area contributed by atoms with Gasteiger partial charge >= 0.3 is 0 Å². The number of nitrogens with zero attached hydrogens (tertiary/aromatic N) is 1. The van der Waals surface area contributed by atoms with Crippen molar-refractivity contribution >= 4 is 34.2 Å². The van der Waals surface area contributed by atoms with Crippen LogP contribution in [0, 0.1) is 0 Å². The van der Waals surface area contributed by atoms with E-state index in [0.717, 1.165) is 12.2 Å². The van der Waals surface area contributed by atoms with Crippen molar-refractivity contribution in [2.24, 2.45) is 0 Å². The van der Waals surface area contributed by atoms with Crippen LogP contribution < -0.4 is 10.9 Å². The minimum atomic E-state index is -0.221. The fraction of sp³-hybridized carbons (Fsp3) is 0.300. The molecule has 0 aromatic carbocycles. The van der Waals surface area contributed by atoms with Gasteiger partial charge in [0.1, 0.15) is 0 Å². The van der Waals surface area contributed by atoms with Gasteiger partial charge in [-0.15, -0.1) is 0 Å². The van der Waals surface area contributed by atoms with E-state index >= 15 is 0 Å². The molecule has 0 saturated heterocycles. The van der Waals surface area contributed by atoms with Gasteiger partial charge in [-0.25, -0.2) is 0 Å². The van der Waals surface area contributed by atoms with Crippen LogP contribution in [-0.4, -0.2) is 21.0 Å². The summed E-state index contributed by atoms with van der Waals surface area (Å²) in [6.45, 7) is 2.07. The highest BCUT2D eigenvalue weighted by Crippen LogP contribution is 2.02. The average Bonchev–Trinajstić information content (AvgIpc) is 2.34. The van der Waals surface area contributed by atoms with Gasteiger partial charge in [0.2, 0.25) is 0 Å². The number of hydrogen-bond acceptors (Lipinski definition) is 4. The molecule has 0 fully saturated rings. The molecule has 4 nitrogen and oxygen atoms in total. The molecule has 0 spiro atoms.